The smallest absolute Gasteiger partial charge is 0.341 e. The molecule has 214 valence electrons. The highest BCUT2D eigenvalue weighted by atomic mass is 35.5. The summed E-state index contributed by atoms with van der Waals surface area (Å²) < 4.78 is 68.4. The topological polar surface area (TPSA) is 74.3 Å². The second-order valence-electron chi connectivity index (χ2n) is 9.93. The van der Waals surface area contributed by atoms with Crippen molar-refractivity contribution in [2.45, 2.75) is 25.1 Å². The van der Waals surface area contributed by atoms with Crippen molar-refractivity contribution < 1.29 is 31.5 Å². The number of aromatic nitrogens is 1. The van der Waals surface area contributed by atoms with E-state index >= 15 is 0 Å². The van der Waals surface area contributed by atoms with Gasteiger partial charge >= 0.3 is 6.18 Å². The summed E-state index contributed by atoms with van der Waals surface area (Å²) in [5, 5.41) is 5.49. The van der Waals surface area contributed by atoms with Crippen molar-refractivity contribution in [1.29, 1.82) is 0 Å². The van der Waals surface area contributed by atoms with E-state index in [-0.39, 0.29) is 27.4 Å². The van der Waals surface area contributed by atoms with Crippen LogP contribution < -0.4 is 15.5 Å². The molecule has 4 aromatic rings. The number of fused-ring (bicyclic) bond motifs is 2. The van der Waals surface area contributed by atoms with Gasteiger partial charge in [0.25, 0.3) is 11.8 Å². The summed E-state index contributed by atoms with van der Waals surface area (Å²) in [5.74, 6) is -3.42. The molecule has 3 aromatic carbocycles. The second kappa shape index (κ2) is 10.4. The molecule has 2 amide bonds. The Morgan fingerprint density at radius 2 is 1.86 bits per heavy atom. The average Bonchev–Trinajstić information content (AvgIpc) is 3.29. The summed E-state index contributed by atoms with van der Waals surface area (Å²) in [6, 6.07) is 11.0. The minimum atomic E-state index is -4.89. The lowest BCUT2D eigenvalue weighted by molar-refractivity contribution is -0.137. The average molecular weight is 599 g/mol. The van der Waals surface area contributed by atoms with Gasteiger partial charge in [0.1, 0.15) is 11.6 Å². The largest absolute Gasteiger partial charge is 0.416 e. The number of aryl methyl sites for hydroxylation is 1. The van der Waals surface area contributed by atoms with Gasteiger partial charge < -0.3 is 15.5 Å². The number of hydrogen-bond donors (Lipinski definition) is 2. The Morgan fingerprint density at radius 1 is 1.05 bits per heavy atom. The van der Waals surface area contributed by atoms with Crippen LogP contribution in [0, 0.1) is 11.6 Å². The van der Waals surface area contributed by atoms with Crippen molar-refractivity contribution in [3.63, 3.8) is 0 Å². The Labute approximate surface area is 241 Å². The van der Waals surface area contributed by atoms with E-state index in [0.29, 0.717) is 30.4 Å². The maximum atomic E-state index is 14.2. The van der Waals surface area contributed by atoms with E-state index in [0.717, 1.165) is 36.4 Å². The summed E-state index contributed by atoms with van der Waals surface area (Å²) in [5.41, 5.74) is 0.896. The monoisotopic (exact) mass is 598 g/mol. The van der Waals surface area contributed by atoms with Gasteiger partial charge in [-0.15, -0.1) is 0 Å². The Morgan fingerprint density at radius 3 is 2.64 bits per heavy atom. The molecule has 1 aromatic heterocycles. The minimum Gasteiger partial charge on any atom is -0.341 e. The molecular formula is C30H20ClF5N4O2. The summed E-state index contributed by atoms with van der Waals surface area (Å²) in [6.45, 7) is 0.560. The molecule has 6 nitrogen and oxygen atoms in total. The predicted molar refractivity (Wildman–Crippen MR) is 146 cm³/mol. The number of pyridine rings is 1. The number of nitrogens with one attached hydrogen (secondary N) is 2. The van der Waals surface area contributed by atoms with Crippen molar-refractivity contribution in [2.24, 2.45) is 0 Å². The van der Waals surface area contributed by atoms with E-state index in [1.54, 1.807) is 24.4 Å². The minimum absolute atomic E-state index is 0.0602. The van der Waals surface area contributed by atoms with Crippen LogP contribution in [0.4, 0.5) is 39.0 Å². The van der Waals surface area contributed by atoms with Crippen molar-refractivity contribution in [2.75, 3.05) is 16.8 Å². The molecule has 3 heterocycles. The molecule has 6 rings (SSSR count). The highest BCUT2D eigenvalue weighted by molar-refractivity contribution is 6.31. The zero-order valence-electron chi connectivity index (χ0n) is 21.5. The van der Waals surface area contributed by atoms with Crippen molar-refractivity contribution in [3.8, 4) is 0 Å². The third-order valence-corrected chi connectivity index (χ3v) is 7.59. The van der Waals surface area contributed by atoms with Crippen molar-refractivity contribution in [3.05, 3.63) is 117 Å². The highest BCUT2D eigenvalue weighted by Gasteiger charge is 2.36. The number of hydrogen-bond acceptors (Lipinski definition) is 4. The number of nitrogens with zero attached hydrogens (tertiary/aromatic N) is 2. The lowest BCUT2D eigenvalue weighted by atomic mass is 9.94. The zero-order chi connectivity index (χ0) is 29.8. The molecule has 0 bridgehead atoms. The van der Waals surface area contributed by atoms with E-state index in [1.807, 2.05) is 11.0 Å². The Kier molecular flexibility index (Phi) is 6.84. The lowest BCUT2D eigenvalue weighted by Gasteiger charge is -2.31. The Bertz CT molecular complexity index is 1760. The first-order valence-electron chi connectivity index (χ1n) is 12.8. The van der Waals surface area contributed by atoms with Gasteiger partial charge in [0, 0.05) is 51.4 Å². The van der Waals surface area contributed by atoms with E-state index < -0.39 is 46.8 Å². The highest BCUT2D eigenvalue weighted by Crippen LogP contribution is 2.43. The molecule has 0 fully saturated rings. The maximum Gasteiger partial charge on any atom is 0.416 e. The summed E-state index contributed by atoms with van der Waals surface area (Å²) in [7, 11) is 0. The predicted octanol–water partition coefficient (Wildman–Crippen LogP) is 7.20. The normalized spacial score (nSPS) is 16.1. The van der Waals surface area contributed by atoms with Crippen LogP contribution in [-0.2, 0) is 12.6 Å². The van der Waals surface area contributed by atoms with Crippen LogP contribution in [0.2, 0.25) is 5.02 Å². The van der Waals surface area contributed by atoms with Crippen molar-refractivity contribution >= 4 is 40.5 Å². The first kappa shape index (κ1) is 27.6. The fourth-order valence-corrected chi connectivity index (χ4v) is 5.61. The molecule has 2 N–H and O–H groups in total. The van der Waals surface area contributed by atoms with E-state index in [1.165, 1.54) is 6.07 Å². The molecule has 0 saturated heterocycles. The summed E-state index contributed by atoms with van der Waals surface area (Å²) in [6.07, 6.45) is -1.72. The SMILES string of the molecule is O=C(Nc1cc(N2CCCc3ncccc32)cc2c1C(c1cc(F)ccc1Cl)NC2=O)c1cc(F)cc(C(F)(F)F)c1. The number of carbonyl (C=O) groups is 2. The van der Waals surface area contributed by atoms with Gasteiger partial charge in [0.2, 0.25) is 0 Å². The fraction of sp³-hybridized carbons (Fsp3) is 0.167. The summed E-state index contributed by atoms with van der Waals surface area (Å²) in [4.78, 5) is 32.9. The number of carbonyl (C=O) groups excluding carboxylic acids is 2. The Hall–Kier alpha value is -4.51. The molecule has 0 radical (unpaired) electrons. The van der Waals surface area contributed by atoms with Gasteiger partial charge in [-0.1, -0.05) is 11.6 Å². The number of amides is 2. The molecule has 2 aliphatic heterocycles. The number of alkyl halides is 3. The van der Waals surface area contributed by atoms with Crippen LogP contribution >= 0.6 is 11.6 Å². The molecule has 2 aliphatic rings. The third kappa shape index (κ3) is 5.04. The first-order chi connectivity index (χ1) is 20.0. The lowest BCUT2D eigenvalue weighted by Crippen LogP contribution is -2.25. The van der Waals surface area contributed by atoms with Crippen LogP contribution in [0.3, 0.4) is 0 Å². The molecule has 42 heavy (non-hydrogen) atoms. The molecule has 12 heteroatoms. The number of anilines is 3. The van der Waals surface area contributed by atoms with Crippen LogP contribution in [0.25, 0.3) is 0 Å². The van der Waals surface area contributed by atoms with Crippen LogP contribution in [0.5, 0.6) is 0 Å². The molecule has 1 atom stereocenters. The first-order valence-corrected chi connectivity index (χ1v) is 13.2. The van der Waals surface area contributed by atoms with Crippen LogP contribution in [-0.4, -0.2) is 23.3 Å². The van der Waals surface area contributed by atoms with Crippen LogP contribution in [0.15, 0.2) is 66.9 Å². The molecule has 1 unspecified atom stereocenters. The van der Waals surface area contributed by atoms with E-state index in [9.17, 15) is 31.5 Å². The standard InChI is InChI=1S/C30H20ClF5N4O2/c31-22-6-5-17(32)12-20(22)27-26-21(29(42)39-27)13-19(40-8-2-3-23-25(40)4-1-7-37-23)14-24(26)38-28(41)15-9-16(30(34,35)36)11-18(33)10-15/h1,4-7,9-14,27H,2-3,8H2,(H,38,41)(H,39,42). The zero-order valence-corrected chi connectivity index (χ0v) is 22.3. The fourth-order valence-electron chi connectivity index (χ4n) is 5.39. The van der Waals surface area contributed by atoms with Gasteiger partial charge in [-0.3, -0.25) is 14.6 Å². The molecule has 0 saturated carbocycles. The number of benzene rings is 3. The van der Waals surface area contributed by atoms with Gasteiger partial charge in [-0.2, -0.15) is 13.2 Å². The second-order valence-corrected chi connectivity index (χ2v) is 10.3. The number of halogens is 6. The van der Waals surface area contributed by atoms with Crippen molar-refractivity contribution in [1.82, 2.24) is 10.3 Å². The van der Waals surface area contributed by atoms with Crippen LogP contribution in [0.1, 0.15) is 55.6 Å². The third-order valence-electron chi connectivity index (χ3n) is 7.24. The summed E-state index contributed by atoms with van der Waals surface area (Å²) >= 11 is 6.36. The van der Waals surface area contributed by atoms with Gasteiger partial charge in [-0.05, 0) is 73.5 Å². The Balaban J connectivity index is 1.50. The van der Waals surface area contributed by atoms with Gasteiger partial charge in [-0.25, -0.2) is 8.78 Å². The van der Waals surface area contributed by atoms with E-state index in [4.69, 9.17) is 11.6 Å². The van der Waals surface area contributed by atoms with E-state index in [2.05, 4.69) is 15.6 Å². The molecule has 0 aliphatic carbocycles. The van der Waals surface area contributed by atoms with Gasteiger partial charge in [0.05, 0.1) is 23.0 Å². The number of rotatable bonds is 4. The maximum absolute atomic E-state index is 14.2. The van der Waals surface area contributed by atoms with Gasteiger partial charge in [0.15, 0.2) is 0 Å². The molecular weight excluding hydrogens is 579 g/mol. The quantitative estimate of drug-likeness (QED) is 0.244. The molecule has 0 spiro atoms.